The Morgan fingerprint density at radius 1 is 1.29 bits per heavy atom. The highest BCUT2D eigenvalue weighted by Crippen LogP contribution is 2.48. The van der Waals surface area contributed by atoms with Crippen molar-refractivity contribution in [1.29, 1.82) is 0 Å². The maximum Gasteiger partial charge on any atom is 0.308 e. The minimum Gasteiger partial charge on any atom is -0.481 e. The van der Waals surface area contributed by atoms with Crippen LogP contribution in [0.15, 0.2) is 24.3 Å². The minimum atomic E-state index is -0.761. The summed E-state index contributed by atoms with van der Waals surface area (Å²) in [5.41, 5.74) is 2.10. The van der Waals surface area contributed by atoms with Gasteiger partial charge in [0.15, 0.2) is 0 Å². The van der Waals surface area contributed by atoms with Gasteiger partial charge in [-0.2, -0.15) is 0 Å². The number of nitrogens with one attached hydrogen (secondary N) is 1. The molecular formula is C17H21NO3. The van der Waals surface area contributed by atoms with E-state index >= 15 is 0 Å². The van der Waals surface area contributed by atoms with E-state index in [9.17, 15) is 14.7 Å². The van der Waals surface area contributed by atoms with Gasteiger partial charge in [0.05, 0.1) is 12.3 Å². The summed E-state index contributed by atoms with van der Waals surface area (Å²) < 4.78 is 0. The third-order valence-corrected chi connectivity index (χ3v) is 4.98. The summed E-state index contributed by atoms with van der Waals surface area (Å²) >= 11 is 0. The van der Waals surface area contributed by atoms with Crippen molar-refractivity contribution in [2.45, 2.75) is 38.6 Å². The second-order valence-corrected chi connectivity index (χ2v) is 6.46. The third-order valence-electron chi connectivity index (χ3n) is 4.98. The van der Waals surface area contributed by atoms with Crippen molar-refractivity contribution < 1.29 is 14.7 Å². The molecule has 2 bridgehead atoms. The number of aliphatic carboxylic acids is 1. The van der Waals surface area contributed by atoms with Gasteiger partial charge in [0.2, 0.25) is 5.91 Å². The van der Waals surface area contributed by atoms with Crippen LogP contribution in [0.5, 0.6) is 0 Å². The van der Waals surface area contributed by atoms with Crippen LogP contribution in [-0.4, -0.2) is 23.0 Å². The topological polar surface area (TPSA) is 66.4 Å². The summed E-state index contributed by atoms with van der Waals surface area (Å²) in [5.74, 6) is -0.632. The molecule has 1 amide bonds. The molecule has 2 N–H and O–H groups in total. The summed E-state index contributed by atoms with van der Waals surface area (Å²) in [6.07, 6.45) is 3.31. The average Bonchev–Trinajstić information content (AvgIpc) is 2.99. The van der Waals surface area contributed by atoms with E-state index in [1.54, 1.807) is 0 Å². The standard InChI is InChI=1S/C17H21NO3/c1-10-3-2-4-11(7-10)8-14(19)18-16-13-6-5-12(9-13)15(16)17(20)21/h2-4,7,12-13,15-16H,5-6,8-9H2,1H3,(H,18,19)(H,20,21). The van der Waals surface area contributed by atoms with Crippen LogP contribution in [0.2, 0.25) is 0 Å². The van der Waals surface area contributed by atoms with E-state index in [2.05, 4.69) is 5.32 Å². The summed E-state index contributed by atoms with van der Waals surface area (Å²) in [7, 11) is 0. The van der Waals surface area contributed by atoms with Crippen LogP contribution >= 0.6 is 0 Å². The second kappa shape index (κ2) is 5.51. The van der Waals surface area contributed by atoms with Gasteiger partial charge in [-0.15, -0.1) is 0 Å². The zero-order valence-corrected chi connectivity index (χ0v) is 12.2. The van der Waals surface area contributed by atoms with Crippen molar-refractivity contribution in [3.8, 4) is 0 Å². The molecule has 0 aromatic heterocycles. The normalized spacial score (nSPS) is 30.3. The number of aryl methyl sites for hydroxylation is 1. The molecular weight excluding hydrogens is 266 g/mol. The van der Waals surface area contributed by atoms with Crippen LogP contribution < -0.4 is 5.32 Å². The fraction of sp³-hybridized carbons (Fsp3) is 0.529. The molecule has 0 aliphatic heterocycles. The smallest absolute Gasteiger partial charge is 0.308 e. The Morgan fingerprint density at radius 3 is 2.76 bits per heavy atom. The summed E-state index contributed by atoms with van der Waals surface area (Å²) in [5, 5.41) is 12.4. The lowest BCUT2D eigenvalue weighted by Gasteiger charge is -2.28. The van der Waals surface area contributed by atoms with Crippen molar-refractivity contribution in [2.24, 2.45) is 17.8 Å². The number of amides is 1. The number of hydrogen-bond acceptors (Lipinski definition) is 2. The number of carbonyl (C=O) groups is 2. The monoisotopic (exact) mass is 287 g/mol. The largest absolute Gasteiger partial charge is 0.481 e. The molecule has 3 rings (SSSR count). The highest BCUT2D eigenvalue weighted by molar-refractivity contribution is 5.80. The molecule has 21 heavy (non-hydrogen) atoms. The Bertz CT molecular complexity index is 569. The first-order valence-electron chi connectivity index (χ1n) is 7.62. The first-order valence-corrected chi connectivity index (χ1v) is 7.62. The number of hydrogen-bond donors (Lipinski definition) is 2. The van der Waals surface area contributed by atoms with Gasteiger partial charge in [-0.05, 0) is 43.6 Å². The van der Waals surface area contributed by atoms with Gasteiger partial charge in [0.25, 0.3) is 0 Å². The number of carboxylic acid groups (broad SMARTS) is 1. The summed E-state index contributed by atoms with van der Waals surface area (Å²) in [6.45, 7) is 2.00. The first kappa shape index (κ1) is 14.1. The van der Waals surface area contributed by atoms with Crippen LogP contribution in [0, 0.1) is 24.7 Å². The van der Waals surface area contributed by atoms with E-state index in [0.717, 1.165) is 30.4 Å². The molecule has 4 heteroatoms. The average molecular weight is 287 g/mol. The molecule has 112 valence electrons. The summed E-state index contributed by atoms with van der Waals surface area (Å²) in [6, 6.07) is 7.68. The molecule has 2 saturated carbocycles. The number of benzene rings is 1. The molecule has 2 aliphatic carbocycles. The Labute approximate surface area is 124 Å². The predicted octanol–water partition coefficient (Wildman–Crippen LogP) is 2.15. The molecule has 4 atom stereocenters. The Kier molecular flexibility index (Phi) is 3.70. The van der Waals surface area contributed by atoms with E-state index in [4.69, 9.17) is 0 Å². The van der Waals surface area contributed by atoms with E-state index in [1.165, 1.54) is 0 Å². The van der Waals surface area contributed by atoms with Gasteiger partial charge in [-0.25, -0.2) is 0 Å². The highest BCUT2D eigenvalue weighted by atomic mass is 16.4. The van der Waals surface area contributed by atoms with Crippen LogP contribution in [0.4, 0.5) is 0 Å². The lowest BCUT2D eigenvalue weighted by Crippen LogP contribution is -2.47. The second-order valence-electron chi connectivity index (χ2n) is 6.46. The molecule has 0 radical (unpaired) electrons. The zero-order valence-electron chi connectivity index (χ0n) is 12.2. The SMILES string of the molecule is Cc1cccc(CC(=O)NC2C3CCC(C3)C2C(=O)O)c1. The van der Waals surface area contributed by atoms with E-state index in [0.29, 0.717) is 12.3 Å². The first-order chi connectivity index (χ1) is 10.0. The van der Waals surface area contributed by atoms with Crippen molar-refractivity contribution in [1.82, 2.24) is 5.32 Å². The van der Waals surface area contributed by atoms with Crippen LogP contribution in [0.3, 0.4) is 0 Å². The fourth-order valence-corrected chi connectivity index (χ4v) is 4.10. The Morgan fingerprint density at radius 2 is 2.05 bits per heavy atom. The lowest BCUT2D eigenvalue weighted by atomic mass is 9.84. The van der Waals surface area contributed by atoms with Crippen LogP contribution in [0.1, 0.15) is 30.4 Å². The van der Waals surface area contributed by atoms with Crippen molar-refractivity contribution >= 4 is 11.9 Å². The predicted molar refractivity (Wildman–Crippen MR) is 78.8 cm³/mol. The van der Waals surface area contributed by atoms with Crippen LogP contribution in [0.25, 0.3) is 0 Å². The lowest BCUT2D eigenvalue weighted by molar-refractivity contribution is -0.144. The number of rotatable bonds is 4. The molecule has 4 nitrogen and oxygen atoms in total. The van der Waals surface area contributed by atoms with Gasteiger partial charge < -0.3 is 10.4 Å². The van der Waals surface area contributed by atoms with Crippen molar-refractivity contribution in [3.05, 3.63) is 35.4 Å². The van der Waals surface area contributed by atoms with Crippen molar-refractivity contribution in [2.75, 3.05) is 0 Å². The number of carbonyl (C=O) groups excluding carboxylic acids is 1. The molecule has 2 fully saturated rings. The quantitative estimate of drug-likeness (QED) is 0.891. The van der Waals surface area contributed by atoms with E-state index < -0.39 is 11.9 Å². The highest BCUT2D eigenvalue weighted by Gasteiger charge is 2.51. The number of carboxylic acids is 1. The maximum absolute atomic E-state index is 12.2. The molecule has 1 aromatic rings. The van der Waals surface area contributed by atoms with E-state index in [1.807, 2.05) is 31.2 Å². The minimum absolute atomic E-state index is 0.0654. The Hall–Kier alpha value is -1.84. The molecule has 0 saturated heterocycles. The fourth-order valence-electron chi connectivity index (χ4n) is 4.10. The van der Waals surface area contributed by atoms with Gasteiger partial charge in [-0.1, -0.05) is 29.8 Å². The molecule has 0 heterocycles. The Balaban J connectivity index is 1.65. The number of fused-ring (bicyclic) bond motifs is 2. The zero-order chi connectivity index (χ0) is 15.0. The summed E-state index contributed by atoms with van der Waals surface area (Å²) in [4.78, 5) is 23.7. The van der Waals surface area contributed by atoms with Gasteiger partial charge in [0.1, 0.15) is 0 Å². The van der Waals surface area contributed by atoms with Gasteiger partial charge in [-0.3, -0.25) is 9.59 Å². The maximum atomic E-state index is 12.2. The van der Waals surface area contributed by atoms with E-state index in [-0.39, 0.29) is 17.9 Å². The molecule has 4 unspecified atom stereocenters. The van der Waals surface area contributed by atoms with Crippen molar-refractivity contribution in [3.63, 3.8) is 0 Å². The molecule has 2 aliphatic rings. The molecule has 1 aromatic carbocycles. The van der Waals surface area contributed by atoms with Crippen LogP contribution in [-0.2, 0) is 16.0 Å². The van der Waals surface area contributed by atoms with Gasteiger partial charge in [0, 0.05) is 6.04 Å². The van der Waals surface area contributed by atoms with Gasteiger partial charge >= 0.3 is 5.97 Å². The third kappa shape index (κ3) is 2.80. The molecule has 0 spiro atoms.